The van der Waals surface area contributed by atoms with Gasteiger partial charge in [0.25, 0.3) is 11.5 Å². The van der Waals surface area contributed by atoms with Crippen molar-refractivity contribution in [3.8, 4) is 11.8 Å². The fraction of sp³-hybridized carbons (Fsp3) is 0.421. The SMILES string of the molecule is Cc1nc(C2CC3C(C2)C3(F)F)n(-c2ccc(C#N)cc2)c(=O)c1C. The molecule has 4 rings (SSSR count). The van der Waals surface area contributed by atoms with Crippen LogP contribution in [0.25, 0.3) is 5.69 Å². The predicted octanol–water partition coefficient (Wildman–Crippen LogP) is 3.48. The number of benzene rings is 1. The van der Waals surface area contributed by atoms with E-state index in [0.29, 0.717) is 41.2 Å². The third-order valence-electron chi connectivity index (χ3n) is 5.64. The van der Waals surface area contributed by atoms with E-state index in [2.05, 4.69) is 4.98 Å². The molecule has 2 aromatic rings. The summed E-state index contributed by atoms with van der Waals surface area (Å²) in [4.78, 5) is 17.4. The number of aryl methyl sites for hydroxylation is 1. The van der Waals surface area contributed by atoms with Crippen molar-refractivity contribution in [2.24, 2.45) is 11.8 Å². The first-order chi connectivity index (χ1) is 11.8. The van der Waals surface area contributed by atoms with Crippen molar-refractivity contribution in [2.75, 3.05) is 0 Å². The molecular formula is C19H17F2N3O. The molecule has 0 saturated heterocycles. The number of fused-ring (bicyclic) bond motifs is 1. The summed E-state index contributed by atoms with van der Waals surface area (Å²) in [6.07, 6.45) is 0.728. The van der Waals surface area contributed by atoms with Gasteiger partial charge in [0, 0.05) is 29.0 Å². The molecule has 1 aromatic carbocycles. The quantitative estimate of drug-likeness (QED) is 0.840. The van der Waals surface area contributed by atoms with E-state index in [0.717, 1.165) is 0 Å². The van der Waals surface area contributed by atoms with Crippen molar-refractivity contribution >= 4 is 0 Å². The lowest BCUT2D eigenvalue weighted by molar-refractivity contribution is 0.0689. The van der Waals surface area contributed by atoms with Crippen LogP contribution in [0.1, 0.15) is 41.4 Å². The maximum Gasteiger partial charge on any atom is 0.261 e. The highest BCUT2D eigenvalue weighted by molar-refractivity contribution is 5.41. The fourth-order valence-electron chi connectivity index (χ4n) is 3.96. The Hall–Kier alpha value is -2.55. The summed E-state index contributed by atoms with van der Waals surface area (Å²) in [5.41, 5.74) is 2.11. The zero-order valence-corrected chi connectivity index (χ0v) is 14.0. The average Bonchev–Trinajstić information content (AvgIpc) is 2.95. The Morgan fingerprint density at radius 3 is 2.36 bits per heavy atom. The number of halogens is 2. The summed E-state index contributed by atoms with van der Waals surface area (Å²) in [5, 5.41) is 8.94. The van der Waals surface area contributed by atoms with Gasteiger partial charge in [0.2, 0.25) is 0 Å². The van der Waals surface area contributed by atoms with Crippen LogP contribution in [-0.4, -0.2) is 15.5 Å². The molecule has 0 radical (unpaired) electrons. The van der Waals surface area contributed by atoms with E-state index in [9.17, 15) is 13.6 Å². The number of hydrogen-bond acceptors (Lipinski definition) is 3. The van der Waals surface area contributed by atoms with Gasteiger partial charge in [-0.25, -0.2) is 13.8 Å². The highest BCUT2D eigenvalue weighted by atomic mass is 19.3. The lowest BCUT2D eigenvalue weighted by atomic mass is 10.0. The molecule has 1 aromatic heterocycles. The third kappa shape index (κ3) is 2.30. The highest BCUT2D eigenvalue weighted by Crippen LogP contribution is 2.67. The zero-order chi connectivity index (χ0) is 17.9. The molecule has 0 bridgehead atoms. The maximum atomic E-state index is 13.5. The molecule has 2 aliphatic rings. The number of alkyl halides is 2. The number of nitrogens with zero attached hydrogens (tertiary/aromatic N) is 3. The van der Waals surface area contributed by atoms with Crippen molar-refractivity contribution in [3.63, 3.8) is 0 Å². The van der Waals surface area contributed by atoms with Gasteiger partial charge < -0.3 is 0 Å². The molecule has 2 saturated carbocycles. The Labute approximate surface area is 143 Å². The molecule has 4 nitrogen and oxygen atoms in total. The molecule has 128 valence electrons. The van der Waals surface area contributed by atoms with Crippen molar-refractivity contribution in [1.29, 1.82) is 5.26 Å². The number of rotatable bonds is 2. The first-order valence-corrected chi connectivity index (χ1v) is 8.33. The molecule has 2 atom stereocenters. The molecule has 25 heavy (non-hydrogen) atoms. The average molecular weight is 341 g/mol. The topological polar surface area (TPSA) is 58.7 Å². The van der Waals surface area contributed by atoms with E-state index in [1.54, 1.807) is 38.1 Å². The molecule has 1 heterocycles. The Kier molecular flexibility index (Phi) is 3.33. The Morgan fingerprint density at radius 2 is 1.80 bits per heavy atom. The van der Waals surface area contributed by atoms with E-state index in [-0.39, 0.29) is 11.5 Å². The fourth-order valence-corrected chi connectivity index (χ4v) is 3.96. The van der Waals surface area contributed by atoms with E-state index in [4.69, 9.17) is 5.26 Å². The van der Waals surface area contributed by atoms with E-state index < -0.39 is 17.8 Å². The largest absolute Gasteiger partial charge is 0.269 e. The van der Waals surface area contributed by atoms with Gasteiger partial charge in [-0.2, -0.15) is 5.26 Å². The third-order valence-corrected chi connectivity index (χ3v) is 5.64. The van der Waals surface area contributed by atoms with Gasteiger partial charge in [0.05, 0.1) is 17.3 Å². The summed E-state index contributed by atoms with van der Waals surface area (Å²) in [6, 6.07) is 8.72. The van der Waals surface area contributed by atoms with Crippen LogP contribution in [0.5, 0.6) is 0 Å². The van der Waals surface area contributed by atoms with E-state index >= 15 is 0 Å². The van der Waals surface area contributed by atoms with Gasteiger partial charge in [0.15, 0.2) is 0 Å². The second-order valence-electron chi connectivity index (χ2n) is 7.04. The minimum atomic E-state index is -2.55. The number of nitriles is 1. The monoisotopic (exact) mass is 341 g/mol. The summed E-state index contributed by atoms with van der Waals surface area (Å²) in [7, 11) is 0. The van der Waals surface area contributed by atoms with Gasteiger partial charge in [0.1, 0.15) is 5.82 Å². The summed E-state index contributed by atoms with van der Waals surface area (Å²) < 4.78 is 28.6. The zero-order valence-electron chi connectivity index (χ0n) is 14.0. The van der Waals surface area contributed by atoms with Crippen molar-refractivity contribution < 1.29 is 8.78 Å². The number of hydrogen-bond donors (Lipinski definition) is 0. The second kappa shape index (κ2) is 5.22. The first kappa shape index (κ1) is 15.9. The molecule has 2 unspecified atom stereocenters. The molecular weight excluding hydrogens is 324 g/mol. The van der Waals surface area contributed by atoms with Crippen molar-refractivity contribution in [2.45, 2.75) is 38.5 Å². The van der Waals surface area contributed by atoms with Crippen LogP contribution in [0.2, 0.25) is 0 Å². The Bertz CT molecular complexity index is 942. The predicted molar refractivity (Wildman–Crippen MR) is 87.9 cm³/mol. The molecule has 2 fully saturated rings. The van der Waals surface area contributed by atoms with E-state index in [1.165, 1.54) is 4.57 Å². The first-order valence-electron chi connectivity index (χ1n) is 8.33. The Morgan fingerprint density at radius 1 is 1.20 bits per heavy atom. The van der Waals surface area contributed by atoms with Crippen LogP contribution in [0.4, 0.5) is 8.78 Å². The van der Waals surface area contributed by atoms with Gasteiger partial charge in [-0.05, 0) is 51.0 Å². The van der Waals surface area contributed by atoms with Gasteiger partial charge in [-0.3, -0.25) is 9.36 Å². The van der Waals surface area contributed by atoms with Crippen LogP contribution < -0.4 is 5.56 Å². The van der Waals surface area contributed by atoms with Crippen LogP contribution in [0.15, 0.2) is 29.1 Å². The second-order valence-corrected chi connectivity index (χ2v) is 7.04. The standard InChI is InChI=1S/C19H17F2N3O/c1-10-11(2)23-17(13-7-15-16(8-13)19(15,20)21)24(18(10)25)14-5-3-12(9-22)4-6-14/h3-6,13,15-16H,7-8H2,1-2H3. The van der Waals surface area contributed by atoms with Gasteiger partial charge in [-0.1, -0.05) is 0 Å². The lowest BCUT2D eigenvalue weighted by Crippen LogP contribution is -2.28. The van der Waals surface area contributed by atoms with Crippen LogP contribution in [0, 0.1) is 37.0 Å². The minimum absolute atomic E-state index is 0.141. The lowest BCUT2D eigenvalue weighted by Gasteiger charge is -2.20. The van der Waals surface area contributed by atoms with Gasteiger partial charge >= 0.3 is 0 Å². The smallest absolute Gasteiger partial charge is 0.261 e. The van der Waals surface area contributed by atoms with Crippen LogP contribution in [-0.2, 0) is 0 Å². The summed E-state index contributed by atoms with van der Waals surface area (Å²) in [5.74, 6) is -3.29. The molecule has 2 aliphatic carbocycles. The molecule has 0 spiro atoms. The Balaban J connectivity index is 1.81. The molecule has 0 aliphatic heterocycles. The van der Waals surface area contributed by atoms with Crippen molar-refractivity contribution in [3.05, 3.63) is 57.3 Å². The number of aromatic nitrogens is 2. The molecule has 0 N–H and O–H groups in total. The maximum absolute atomic E-state index is 13.5. The van der Waals surface area contributed by atoms with Crippen molar-refractivity contribution in [1.82, 2.24) is 9.55 Å². The van der Waals surface area contributed by atoms with Gasteiger partial charge in [-0.15, -0.1) is 0 Å². The molecule has 6 heteroatoms. The normalized spacial score (nSPS) is 26.1. The summed E-state index contributed by atoms with van der Waals surface area (Å²) >= 11 is 0. The van der Waals surface area contributed by atoms with E-state index in [1.807, 2.05) is 6.07 Å². The van der Waals surface area contributed by atoms with Crippen LogP contribution in [0.3, 0.4) is 0 Å². The highest BCUT2D eigenvalue weighted by Gasteiger charge is 2.71. The summed E-state index contributed by atoms with van der Waals surface area (Å²) in [6.45, 7) is 3.49. The minimum Gasteiger partial charge on any atom is -0.269 e. The molecule has 0 amide bonds. The van der Waals surface area contributed by atoms with Crippen LogP contribution >= 0.6 is 0 Å².